The number of hydrogen-bond donors (Lipinski definition) is 3. The molecular weight excluding hydrogens is 338 g/mol. The molecule has 0 saturated carbocycles. The summed E-state index contributed by atoms with van der Waals surface area (Å²) in [4.78, 5) is 18.5. The number of hydrogen-bond acceptors (Lipinski definition) is 3. The Hall–Kier alpha value is -2.08. The Bertz CT molecular complexity index is 591. The molecule has 1 saturated heterocycles. The number of amides is 1. The minimum Gasteiger partial charge on any atom is -0.358 e. The van der Waals surface area contributed by atoms with Gasteiger partial charge in [0.1, 0.15) is 0 Å². The van der Waals surface area contributed by atoms with E-state index in [1.165, 1.54) is 11.1 Å². The van der Waals surface area contributed by atoms with Crippen molar-refractivity contribution in [2.75, 3.05) is 39.8 Å². The molecule has 1 heterocycles. The van der Waals surface area contributed by atoms with E-state index in [4.69, 9.17) is 4.99 Å². The van der Waals surface area contributed by atoms with Gasteiger partial charge in [0, 0.05) is 39.3 Å². The summed E-state index contributed by atoms with van der Waals surface area (Å²) >= 11 is 0. The fourth-order valence-electron chi connectivity index (χ4n) is 3.27. The van der Waals surface area contributed by atoms with Crippen LogP contribution in [0.5, 0.6) is 0 Å². The average molecular weight is 374 g/mol. The second kappa shape index (κ2) is 11.6. The van der Waals surface area contributed by atoms with E-state index < -0.39 is 0 Å². The third-order valence-electron chi connectivity index (χ3n) is 5.02. The van der Waals surface area contributed by atoms with Crippen molar-refractivity contribution in [2.45, 2.75) is 45.6 Å². The van der Waals surface area contributed by atoms with Crippen LogP contribution >= 0.6 is 0 Å². The second-order valence-corrected chi connectivity index (χ2v) is 7.05. The lowest BCUT2D eigenvalue weighted by Gasteiger charge is -2.32. The molecule has 0 radical (unpaired) electrons. The molecule has 27 heavy (non-hydrogen) atoms. The number of piperidine rings is 1. The van der Waals surface area contributed by atoms with Crippen molar-refractivity contribution in [3.63, 3.8) is 0 Å². The van der Waals surface area contributed by atoms with Crippen LogP contribution in [0.1, 0.15) is 37.8 Å². The van der Waals surface area contributed by atoms with Crippen molar-refractivity contribution in [3.8, 4) is 0 Å². The van der Waals surface area contributed by atoms with Crippen LogP contribution < -0.4 is 16.0 Å². The molecule has 0 aromatic heterocycles. The van der Waals surface area contributed by atoms with Crippen molar-refractivity contribution < 1.29 is 4.79 Å². The monoisotopic (exact) mass is 373 g/mol. The van der Waals surface area contributed by atoms with Gasteiger partial charge >= 0.3 is 0 Å². The zero-order valence-corrected chi connectivity index (χ0v) is 17.1. The highest BCUT2D eigenvalue weighted by atomic mass is 16.1. The van der Waals surface area contributed by atoms with Gasteiger partial charge < -0.3 is 16.0 Å². The first-order valence-electron chi connectivity index (χ1n) is 10.2. The van der Waals surface area contributed by atoms with Gasteiger partial charge in [0.2, 0.25) is 5.91 Å². The Morgan fingerprint density at radius 2 is 1.81 bits per heavy atom. The molecule has 6 heteroatoms. The molecule has 3 N–H and O–H groups in total. The molecule has 0 aliphatic carbocycles. The Labute approximate surface area is 163 Å². The van der Waals surface area contributed by atoms with Crippen LogP contribution in [0.25, 0.3) is 0 Å². The molecule has 1 aromatic rings. The maximum absolute atomic E-state index is 11.5. The van der Waals surface area contributed by atoms with E-state index in [0.717, 1.165) is 57.8 Å². The summed E-state index contributed by atoms with van der Waals surface area (Å²) in [6.45, 7) is 8.27. The number of rotatable bonds is 8. The first-order chi connectivity index (χ1) is 13.1. The van der Waals surface area contributed by atoms with Gasteiger partial charge in [-0.25, -0.2) is 0 Å². The summed E-state index contributed by atoms with van der Waals surface area (Å²) in [6, 6.07) is 9.23. The molecule has 1 aliphatic heterocycles. The lowest BCUT2D eigenvalue weighted by molar-refractivity contribution is -0.122. The third-order valence-corrected chi connectivity index (χ3v) is 5.02. The summed E-state index contributed by atoms with van der Waals surface area (Å²) in [6.07, 6.45) is 4.08. The van der Waals surface area contributed by atoms with Crippen molar-refractivity contribution in [1.29, 1.82) is 0 Å². The molecule has 150 valence electrons. The highest BCUT2D eigenvalue weighted by Gasteiger charge is 2.21. The van der Waals surface area contributed by atoms with Gasteiger partial charge in [-0.1, -0.05) is 31.2 Å². The predicted octanol–water partition coefficient (Wildman–Crippen LogP) is 1.56. The Morgan fingerprint density at radius 3 is 2.41 bits per heavy atom. The second-order valence-electron chi connectivity index (χ2n) is 7.05. The molecule has 1 fully saturated rings. The number of aliphatic imine (C=N–C) groups is 1. The number of benzene rings is 1. The first kappa shape index (κ1) is 21.2. The van der Waals surface area contributed by atoms with Crippen molar-refractivity contribution in [1.82, 2.24) is 20.9 Å². The number of guanidine groups is 1. The maximum atomic E-state index is 11.5. The summed E-state index contributed by atoms with van der Waals surface area (Å²) in [5.74, 6) is 0.982. The zero-order valence-electron chi connectivity index (χ0n) is 17.1. The normalized spacial score (nSPS) is 16.2. The zero-order chi connectivity index (χ0) is 19.5. The van der Waals surface area contributed by atoms with E-state index in [2.05, 4.69) is 59.0 Å². The van der Waals surface area contributed by atoms with Gasteiger partial charge in [-0.05, 0) is 43.7 Å². The fraction of sp³-hybridized carbons (Fsp3) is 0.619. The molecule has 2 rings (SSSR count). The van der Waals surface area contributed by atoms with E-state index >= 15 is 0 Å². The predicted molar refractivity (Wildman–Crippen MR) is 112 cm³/mol. The maximum Gasteiger partial charge on any atom is 0.233 e. The summed E-state index contributed by atoms with van der Waals surface area (Å²) in [5.41, 5.74) is 2.70. The number of likely N-dealkylation sites (N-methyl/N-ethyl adjacent to an activating group) is 1. The molecule has 1 aliphatic rings. The Balaban J connectivity index is 1.78. The Kier molecular flexibility index (Phi) is 9.11. The molecule has 1 aromatic carbocycles. The van der Waals surface area contributed by atoms with Gasteiger partial charge in [-0.15, -0.1) is 0 Å². The standard InChI is InChI=1S/C21H35N5O/c1-4-17-6-8-18(9-7-17)10-13-24-21(23-5-2)25-19-11-14-26(15-12-19)16-20(27)22-3/h6-9,19H,4-5,10-16H2,1-3H3,(H,22,27)(H2,23,24,25). The fourth-order valence-corrected chi connectivity index (χ4v) is 3.27. The number of nitrogens with one attached hydrogen (secondary N) is 3. The van der Waals surface area contributed by atoms with Gasteiger partial charge in [0.25, 0.3) is 0 Å². The van der Waals surface area contributed by atoms with E-state index in [-0.39, 0.29) is 5.91 Å². The van der Waals surface area contributed by atoms with E-state index in [9.17, 15) is 4.79 Å². The lowest BCUT2D eigenvalue weighted by atomic mass is 10.1. The topological polar surface area (TPSA) is 68.8 Å². The molecule has 0 atom stereocenters. The minimum absolute atomic E-state index is 0.0864. The summed E-state index contributed by atoms with van der Waals surface area (Å²) in [5, 5.41) is 9.60. The third kappa shape index (κ3) is 7.59. The molecule has 1 amide bonds. The lowest BCUT2D eigenvalue weighted by Crippen LogP contribution is -2.50. The SMILES string of the molecule is CCNC(=NCCc1ccc(CC)cc1)NC1CCN(CC(=O)NC)CC1. The molecule has 0 unspecified atom stereocenters. The van der Waals surface area contributed by atoms with Gasteiger partial charge in [0.05, 0.1) is 6.54 Å². The number of nitrogens with zero attached hydrogens (tertiary/aromatic N) is 2. The van der Waals surface area contributed by atoms with Crippen LogP contribution in [0, 0.1) is 0 Å². The van der Waals surface area contributed by atoms with Gasteiger partial charge in [-0.2, -0.15) is 0 Å². The number of likely N-dealkylation sites (tertiary alicyclic amines) is 1. The van der Waals surface area contributed by atoms with Gasteiger partial charge in [-0.3, -0.25) is 14.7 Å². The van der Waals surface area contributed by atoms with Crippen LogP contribution in [-0.4, -0.2) is 62.6 Å². The minimum atomic E-state index is 0.0864. The number of carbonyl (C=O) groups excluding carboxylic acids is 1. The Morgan fingerprint density at radius 1 is 1.15 bits per heavy atom. The molecule has 0 spiro atoms. The number of carbonyl (C=O) groups is 1. The van der Waals surface area contributed by atoms with Crippen LogP contribution in [-0.2, 0) is 17.6 Å². The van der Waals surface area contributed by atoms with E-state index in [1.54, 1.807) is 7.05 Å². The molecular formula is C21H35N5O. The van der Waals surface area contributed by atoms with Crippen molar-refractivity contribution in [2.24, 2.45) is 4.99 Å². The van der Waals surface area contributed by atoms with Crippen LogP contribution in [0.3, 0.4) is 0 Å². The largest absolute Gasteiger partial charge is 0.358 e. The first-order valence-corrected chi connectivity index (χ1v) is 10.2. The smallest absolute Gasteiger partial charge is 0.233 e. The number of aryl methyl sites for hydroxylation is 1. The highest BCUT2D eigenvalue weighted by molar-refractivity contribution is 5.80. The van der Waals surface area contributed by atoms with Gasteiger partial charge in [0.15, 0.2) is 5.96 Å². The molecule has 6 nitrogen and oxygen atoms in total. The van der Waals surface area contributed by atoms with Crippen molar-refractivity contribution >= 4 is 11.9 Å². The van der Waals surface area contributed by atoms with E-state index in [0.29, 0.717) is 12.6 Å². The highest BCUT2D eigenvalue weighted by Crippen LogP contribution is 2.10. The van der Waals surface area contributed by atoms with Crippen LogP contribution in [0.2, 0.25) is 0 Å². The average Bonchev–Trinajstić information content (AvgIpc) is 2.70. The van der Waals surface area contributed by atoms with Crippen LogP contribution in [0.15, 0.2) is 29.3 Å². The quantitative estimate of drug-likeness (QED) is 0.478. The molecule has 0 bridgehead atoms. The van der Waals surface area contributed by atoms with Crippen molar-refractivity contribution in [3.05, 3.63) is 35.4 Å². The summed E-state index contributed by atoms with van der Waals surface area (Å²) in [7, 11) is 1.69. The van der Waals surface area contributed by atoms with E-state index in [1.807, 2.05) is 0 Å². The summed E-state index contributed by atoms with van der Waals surface area (Å²) < 4.78 is 0. The van der Waals surface area contributed by atoms with Crippen LogP contribution in [0.4, 0.5) is 0 Å².